The van der Waals surface area contributed by atoms with Crippen molar-refractivity contribution in [2.45, 2.75) is 13.0 Å². The molecule has 1 saturated heterocycles. The van der Waals surface area contributed by atoms with Crippen LogP contribution in [0.25, 0.3) is 6.08 Å². The van der Waals surface area contributed by atoms with Gasteiger partial charge in [0.25, 0.3) is 5.91 Å². The number of aryl methyl sites for hydroxylation is 1. The van der Waals surface area contributed by atoms with Crippen LogP contribution in [-0.2, 0) is 11.8 Å². The Balaban J connectivity index is 1.89. The molecule has 1 aromatic carbocycles. The second kappa shape index (κ2) is 6.10. The van der Waals surface area contributed by atoms with Crippen LogP contribution in [0.3, 0.4) is 0 Å². The number of nitrogens with zero attached hydrogens (tertiary/aromatic N) is 2. The van der Waals surface area contributed by atoms with Crippen molar-refractivity contribution in [3.8, 4) is 0 Å². The maximum Gasteiger partial charge on any atom is 0.266 e. The number of thiocarbonyl (C=S) groups is 1. The van der Waals surface area contributed by atoms with Gasteiger partial charge in [0.1, 0.15) is 4.32 Å². The fraction of sp³-hybridized carbons (Fsp3) is 0.176. The van der Waals surface area contributed by atoms with E-state index < -0.39 is 0 Å². The third kappa shape index (κ3) is 2.74. The van der Waals surface area contributed by atoms with Gasteiger partial charge in [-0.25, -0.2) is 0 Å². The average Bonchev–Trinajstić information content (AvgIpc) is 3.04. The Labute approximate surface area is 139 Å². The minimum atomic E-state index is -0.0620. The van der Waals surface area contributed by atoms with E-state index in [2.05, 4.69) is 0 Å². The number of rotatable bonds is 3. The molecule has 1 amide bonds. The third-order valence-corrected chi connectivity index (χ3v) is 5.09. The molecule has 1 aliphatic rings. The molecule has 0 spiro atoms. The number of hydrogen-bond donors (Lipinski definition) is 0. The van der Waals surface area contributed by atoms with Crippen molar-refractivity contribution < 1.29 is 4.79 Å². The third-order valence-electron chi connectivity index (χ3n) is 3.76. The first-order valence-corrected chi connectivity index (χ1v) is 8.24. The van der Waals surface area contributed by atoms with Crippen LogP contribution in [-0.4, -0.2) is 19.7 Å². The Morgan fingerprint density at radius 2 is 1.91 bits per heavy atom. The van der Waals surface area contributed by atoms with Crippen molar-refractivity contribution in [2.24, 2.45) is 7.05 Å². The minimum absolute atomic E-state index is 0.0208. The molecular formula is C17H16N2OS2. The molecule has 0 radical (unpaired) electrons. The fourth-order valence-corrected chi connectivity index (χ4v) is 3.86. The van der Waals surface area contributed by atoms with E-state index in [1.807, 2.05) is 73.3 Å². The van der Waals surface area contributed by atoms with E-state index in [-0.39, 0.29) is 11.9 Å². The Morgan fingerprint density at radius 3 is 2.55 bits per heavy atom. The van der Waals surface area contributed by atoms with Gasteiger partial charge in [0, 0.05) is 18.9 Å². The number of thioether (sulfide) groups is 1. The van der Waals surface area contributed by atoms with E-state index >= 15 is 0 Å². The van der Waals surface area contributed by atoms with Crippen LogP contribution < -0.4 is 0 Å². The van der Waals surface area contributed by atoms with Crippen molar-refractivity contribution in [2.75, 3.05) is 0 Å². The highest BCUT2D eigenvalue weighted by Crippen LogP contribution is 2.37. The van der Waals surface area contributed by atoms with E-state index in [4.69, 9.17) is 12.2 Å². The summed E-state index contributed by atoms with van der Waals surface area (Å²) < 4.78 is 2.59. The quantitative estimate of drug-likeness (QED) is 0.629. The van der Waals surface area contributed by atoms with Gasteiger partial charge in [-0.1, -0.05) is 54.3 Å². The Bertz CT molecular complexity index is 749. The molecular weight excluding hydrogens is 312 g/mol. The number of hydrogen-bond acceptors (Lipinski definition) is 3. The van der Waals surface area contributed by atoms with Gasteiger partial charge in [-0.15, -0.1) is 0 Å². The molecule has 1 atom stereocenters. The van der Waals surface area contributed by atoms with E-state index in [9.17, 15) is 4.79 Å². The van der Waals surface area contributed by atoms with E-state index in [0.29, 0.717) is 9.23 Å². The lowest BCUT2D eigenvalue weighted by molar-refractivity contribution is -0.123. The molecule has 0 N–H and O–H groups in total. The van der Waals surface area contributed by atoms with Gasteiger partial charge < -0.3 is 4.57 Å². The van der Waals surface area contributed by atoms with Gasteiger partial charge in [-0.05, 0) is 30.7 Å². The SMILES string of the molecule is CC(c1ccccc1)N1C(=O)/C(=C/c2cccn2C)SC1=S. The molecule has 5 heteroatoms. The Morgan fingerprint density at radius 1 is 1.18 bits per heavy atom. The summed E-state index contributed by atoms with van der Waals surface area (Å²) in [5.41, 5.74) is 2.08. The second-order valence-corrected chi connectivity index (χ2v) is 6.86. The maximum absolute atomic E-state index is 12.7. The molecule has 0 bridgehead atoms. The zero-order valence-electron chi connectivity index (χ0n) is 12.4. The highest BCUT2D eigenvalue weighted by molar-refractivity contribution is 8.26. The van der Waals surface area contributed by atoms with Crippen LogP contribution in [0.4, 0.5) is 0 Å². The van der Waals surface area contributed by atoms with Crippen molar-refractivity contribution in [1.29, 1.82) is 0 Å². The molecule has 1 fully saturated rings. The van der Waals surface area contributed by atoms with Gasteiger partial charge in [-0.2, -0.15) is 0 Å². The highest BCUT2D eigenvalue weighted by atomic mass is 32.2. The zero-order chi connectivity index (χ0) is 15.7. The van der Waals surface area contributed by atoms with Crippen LogP contribution in [0, 0.1) is 0 Å². The fourth-order valence-electron chi connectivity index (χ4n) is 2.45. The molecule has 1 unspecified atom stereocenters. The highest BCUT2D eigenvalue weighted by Gasteiger charge is 2.35. The monoisotopic (exact) mass is 328 g/mol. The summed E-state index contributed by atoms with van der Waals surface area (Å²) in [6.07, 6.45) is 3.86. The lowest BCUT2D eigenvalue weighted by atomic mass is 10.1. The Kier molecular flexibility index (Phi) is 4.18. The van der Waals surface area contributed by atoms with Gasteiger partial charge in [0.2, 0.25) is 0 Å². The molecule has 2 aromatic rings. The van der Waals surface area contributed by atoms with Crippen molar-refractivity contribution in [3.05, 3.63) is 64.8 Å². The molecule has 3 nitrogen and oxygen atoms in total. The lowest BCUT2D eigenvalue weighted by Gasteiger charge is -2.23. The summed E-state index contributed by atoms with van der Waals surface area (Å²) in [5, 5.41) is 0. The summed E-state index contributed by atoms with van der Waals surface area (Å²) in [5.74, 6) is -0.0208. The topological polar surface area (TPSA) is 25.2 Å². The summed E-state index contributed by atoms with van der Waals surface area (Å²) in [6.45, 7) is 2.01. The predicted octanol–water partition coefficient (Wildman–Crippen LogP) is 3.99. The summed E-state index contributed by atoms with van der Waals surface area (Å²) >= 11 is 6.79. The molecule has 0 saturated carbocycles. The number of carbonyl (C=O) groups is 1. The van der Waals surface area contributed by atoms with Gasteiger partial charge in [0.05, 0.1) is 10.9 Å². The number of benzene rings is 1. The largest absolute Gasteiger partial charge is 0.351 e. The normalized spacial score (nSPS) is 18.3. The molecule has 3 rings (SSSR count). The summed E-state index contributed by atoms with van der Waals surface area (Å²) in [7, 11) is 1.96. The Hall–Kier alpha value is -1.85. The van der Waals surface area contributed by atoms with Crippen molar-refractivity contribution in [1.82, 2.24) is 9.47 Å². The number of aromatic nitrogens is 1. The van der Waals surface area contributed by atoms with E-state index in [1.54, 1.807) is 4.90 Å². The second-order valence-electron chi connectivity index (χ2n) is 5.18. The zero-order valence-corrected chi connectivity index (χ0v) is 14.0. The maximum atomic E-state index is 12.7. The molecule has 22 heavy (non-hydrogen) atoms. The predicted molar refractivity (Wildman–Crippen MR) is 95.3 cm³/mol. The average molecular weight is 328 g/mol. The number of carbonyl (C=O) groups excluding carboxylic acids is 1. The van der Waals surface area contributed by atoms with Gasteiger partial charge in [-0.3, -0.25) is 9.69 Å². The minimum Gasteiger partial charge on any atom is -0.351 e. The van der Waals surface area contributed by atoms with Crippen LogP contribution >= 0.6 is 24.0 Å². The molecule has 0 aliphatic carbocycles. The van der Waals surface area contributed by atoms with Crippen LogP contribution in [0.2, 0.25) is 0 Å². The van der Waals surface area contributed by atoms with Crippen LogP contribution in [0.5, 0.6) is 0 Å². The summed E-state index contributed by atoms with van der Waals surface area (Å²) in [4.78, 5) is 15.1. The first-order chi connectivity index (χ1) is 10.6. The van der Waals surface area contributed by atoms with Gasteiger partial charge >= 0.3 is 0 Å². The van der Waals surface area contributed by atoms with Crippen molar-refractivity contribution in [3.63, 3.8) is 0 Å². The molecule has 2 heterocycles. The molecule has 112 valence electrons. The van der Waals surface area contributed by atoms with E-state index in [0.717, 1.165) is 11.3 Å². The van der Waals surface area contributed by atoms with E-state index in [1.165, 1.54) is 11.8 Å². The van der Waals surface area contributed by atoms with Crippen LogP contribution in [0.1, 0.15) is 24.2 Å². The molecule has 1 aliphatic heterocycles. The molecule has 1 aromatic heterocycles. The number of amides is 1. The first kappa shape index (κ1) is 15.1. The smallest absolute Gasteiger partial charge is 0.266 e. The van der Waals surface area contributed by atoms with Crippen molar-refractivity contribution >= 4 is 40.3 Å². The summed E-state index contributed by atoms with van der Waals surface area (Å²) in [6, 6.07) is 13.8. The lowest BCUT2D eigenvalue weighted by Crippen LogP contribution is -2.30. The first-order valence-electron chi connectivity index (χ1n) is 7.01. The van der Waals surface area contributed by atoms with Crippen LogP contribution in [0.15, 0.2) is 53.6 Å². The van der Waals surface area contributed by atoms with Gasteiger partial charge in [0.15, 0.2) is 0 Å². The standard InChI is InChI=1S/C17H16N2OS2/c1-12(13-7-4-3-5-8-13)19-16(20)15(22-17(19)21)11-14-9-6-10-18(14)2/h3-12H,1-2H3/b15-11-.